The molecule has 4 heteroatoms. The van der Waals surface area contributed by atoms with E-state index in [1.165, 1.54) is 0 Å². The number of aliphatic hydroxyl groups is 1. The molecule has 0 aliphatic heterocycles. The Labute approximate surface area is 126 Å². The highest BCUT2D eigenvalue weighted by Crippen LogP contribution is 2.21. The highest BCUT2D eigenvalue weighted by Gasteiger charge is 2.17. The highest BCUT2D eigenvalue weighted by molar-refractivity contribution is 7.99. The van der Waals surface area contributed by atoms with Crippen LogP contribution in [0, 0.1) is 11.8 Å². The van der Waals surface area contributed by atoms with Gasteiger partial charge in [-0.25, -0.2) is 0 Å². The van der Waals surface area contributed by atoms with Gasteiger partial charge in [0.1, 0.15) is 0 Å². The van der Waals surface area contributed by atoms with Crippen LogP contribution in [0.2, 0.25) is 0 Å². The lowest BCUT2D eigenvalue weighted by Gasteiger charge is -2.23. The molecule has 0 spiro atoms. The molecule has 0 fully saturated rings. The van der Waals surface area contributed by atoms with Crippen LogP contribution in [0.25, 0.3) is 0 Å². The van der Waals surface area contributed by atoms with Gasteiger partial charge in [-0.3, -0.25) is 4.79 Å². The average molecular weight is 295 g/mol. The van der Waals surface area contributed by atoms with E-state index in [0.29, 0.717) is 11.7 Å². The number of amides is 1. The Morgan fingerprint density at radius 3 is 2.45 bits per heavy atom. The van der Waals surface area contributed by atoms with Gasteiger partial charge in [0, 0.05) is 6.61 Å². The number of hydrogen-bond donors (Lipinski definition) is 2. The molecule has 2 N–H and O–H groups in total. The first-order valence-electron chi connectivity index (χ1n) is 7.07. The molecule has 112 valence electrons. The largest absolute Gasteiger partial charge is 0.396 e. The number of thioether (sulfide) groups is 1. The van der Waals surface area contributed by atoms with Crippen LogP contribution in [0.1, 0.15) is 32.4 Å². The van der Waals surface area contributed by atoms with Gasteiger partial charge in [-0.05, 0) is 23.2 Å². The molecule has 0 saturated heterocycles. The zero-order chi connectivity index (χ0) is 15.0. The molecule has 0 aliphatic rings. The van der Waals surface area contributed by atoms with Gasteiger partial charge in [0.25, 0.3) is 0 Å². The van der Waals surface area contributed by atoms with E-state index in [1.54, 1.807) is 11.8 Å². The van der Waals surface area contributed by atoms with E-state index in [-0.39, 0.29) is 24.5 Å². The maximum atomic E-state index is 12.0. The number of aliphatic hydroxyl groups excluding tert-OH is 1. The lowest BCUT2D eigenvalue weighted by Crippen LogP contribution is -2.33. The first-order valence-corrected chi connectivity index (χ1v) is 8.23. The summed E-state index contributed by atoms with van der Waals surface area (Å²) in [6, 6.07) is 10.1. The van der Waals surface area contributed by atoms with Crippen LogP contribution in [0.5, 0.6) is 0 Å². The zero-order valence-electron chi connectivity index (χ0n) is 12.5. The van der Waals surface area contributed by atoms with Crippen molar-refractivity contribution in [2.24, 2.45) is 11.8 Å². The summed E-state index contributed by atoms with van der Waals surface area (Å²) in [5.41, 5.74) is 1.14. The Balaban J connectivity index is 2.48. The Morgan fingerprint density at radius 2 is 1.90 bits per heavy atom. The molecule has 20 heavy (non-hydrogen) atoms. The third-order valence-electron chi connectivity index (χ3n) is 3.09. The Morgan fingerprint density at radius 1 is 1.25 bits per heavy atom. The molecular formula is C16H25NO2S. The molecule has 1 rings (SSSR count). The topological polar surface area (TPSA) is 49.3 Å². The lowest BCUT2D eigenvalue weighted by molar-refractivity contribution is -0.119. The van der Waals surface area contributed by atoms with E-state index in [4.69, 9.17) is 5.11 Å². The second-order valence-electron chi connectivity index (χ2n) is 5.50. The van der Waals surface area contributed by atoms with E-state index >= 15 is 0 Å². The fourth-order valence-corrected chi connectivity index (χ4v) is 2.81. The van der Waals surface area contributed by atoms with Gasteiger partial charge in [-0.2, -0.15) is 11.8 Å². The normalized spacial score (nSPS) is 14.1. The number of benzene rings is 1. The van der Waals surface area contributed by atoms with Crippen LogP contribution in [-0.4, -0.2) is 29.1 Å². The number of hydrogen-bond acceptors (Lipinski definition) is 3. The smallest absolute Gasteiger partial charge is 0.230 e. The van der Waals surface area contributed by atoms with Crippen molar-refractivity contribution in [2.75, 3.05) is 18.1 Å². The van der Waals surface area contributed by atoms with Crippen molar-refractivity contribution in [3.05, 3.63) is 35.9 Å². The summed E-state index contributed by atoms with van der Waals surface area (Å²) in [7, 11) is 0. The molecule has 0 aromatic heterocycles. The molecule has 1 amide bonds. The van der Waals surface area contributed by atoms with E-state index in [9.17, 15) is 4.79 Å². The molecule has 0 radical (unpaired) electrons. The van der Waals surface area contributed by atoms with Crippen molar-refractivity contribution in [1.29, 1.82) is 0 Å². The summed E-state index contributed by atoms with van der Waals surface area (Å²) in [5, 5.41) is 12.1. The molecule has 2 atom stereocenters. The van der Waals surface area contributed by atoms with Crippen molar-refractivity contribution in [1.82, 2.24) is 5.32 Å². The minimum absolute atomic E-state index is 0.0552. The molecule has 3 nitrogen and oxygen atoms in total. The molecule has 0 bridgehead atoms. The quantitative estimate of drug-likeness (QED) is 0.775. The third kappa shape index (κ3) is 5.97. The monoisotopic (exact) mass is 295 g/mol. The van der Waals surface area contributed by atoms with E-state index in [0.717, 1.165) is 11.3 Å². The molecule has 1 aromatic carbocycles. The van der Waals surface area contributed by atoms with Gasteiger partial charge in [0.2, 0.25) is 5.91 Å². The molecular weight excluding hydrogens is 270 g/mol. The van der Waals surface area contributed by atoms with Gasteiger partial charge >= 0.3 is 0 Å². The summed E-state index contributed by atoms with van der Waals surface area (Å²) in [6.45, 7) is 6.37. The summed E-state index contributed by atoms with van der Waals surface area (Å²) in [4.78, 5) is 12.0. The second-order valence-corrected chi connectivity index (χ2v) is 6.53. The average Bonchev–Trinajstić information content (AvgIpc) is 2.45. The van der Waals surface area contributed by atoms with E-state index in [2.05, 4.69) is 19.2 Å². The number of carbonyl (C=O) groups is 1. The number of nitrogens with one attached hydrogen (secondary N) is 1. The van der Waals surface area contributed by atoms with Crippen molar-refractivity contribution in [3.8, 4) is 0 Å². The Bertz CT molecular complexity index is 395. The van der Waals surface area contributed by atoms with Gasteiger partial charge in [0.15, 0.2) is 0 Å². The first-order chi connectivity index (χ1) is 9.54. The third-order valence-corrected chi connectivity index (χ3v) is 4.36. The fourth-order valence-electron chi connectivity index (χ4n) is 1.92. The zero-order valence-corrected chi connectivity index (χ0v) is 13.3. The van der Waals surface area contributed by atoms with Gasteiger partial charge in [-0.15, -0.1) is 0 Å². The summed E-state index contributed by atoms with van der Waals surface area (Å²) in [6.07, 6.45) is 0. The fraction of sp³-hybridized carbons (Fsp3) is 0.562. The van der Waals surface area contributed by atoms with Gasteiger partial charge < -0.3 is 10.4 Å². The van der Waals surface area contributed by atoms with Gasteiger partial charge in [-0.1, -0.05) is 51.1 Å². The minimum atomic E-state index is 0.0552. The van der Waals surface area contributed by atoms with E-state index < -0.39 is 0 Å². The number of rotatable bonds is 8. The summed E-state index contributed by atoms with van der Waals surface area (Å²) in [5.74, 6) is 1.90. The summed E-state index contributed by atoms with van der Waals surface area (Å²) >= 11 is 1.57. The van der Waals surface area contributed by atoms with E-state index in [1.807, 2.05) is 37.3 Å². The predicted molar refractivity (Wildman–Crippen MR) is 85.7 cm³/mol. The number of carbonyl (C=O) groups excluding carboxylic acids is 1. The molecule has 1 aromatic rings. The Hall–Kier alpha value is -1.00. The molecule has 2 unspecified atom stereocenters. The Kier molecular flexibility index (Phi) is 7.70. The highest BCUT2D eigenvalue weighted by atomic mass is 32.2. The molecule has 0 saturated carbocycles. The van der Waals surface area contributed by atoms with Crippen molar-refractivity contribution < 1.29 is 9.90 Å². The maximum Gasteiger partial charge on any atom is 0.230 e. The second kappa shape index (κ2) is 9.03. The SMILES string of the molecule is CC(CO)CSCC(=O)NC(c1ccccc1)C(C)C. The van der Waals surface area contributed by atoms with Crippen LogP contribution in [-0.2, 0) is 4.79 Å². The molecule has 0 aliphatic carbocycles. The van der Waals surface area contributed by atoms with Crippen LogP contribution < -0.4 is 5.32 Å². The lowest BCUT2D eigenvalue weighted by atomic mass is 9.96. The van der Waals surface area contributed by atoms with Crippen molar-refractivity contribution >= 4 is 17.7 Å². The molecule has 0 heterocycles. The summed E-state index contributed by atoms with van der Waals surface area (Å²) < 4.78 is 0. The van der Waals surface area contributed by atoms with Crippen LogP contribution in [0.15, 0.2) is 30.3 Å². The van der Waals surface area contributed by atoms with Gasteiger partial charge in [0.05, 0.1) is 11.8 Å². The van der Waals surface area contributed by atoms with Crippen LogP contribution in [0.4, 0.5) is 0 Å². The maximum absolute atomic E-state index is 12.0. The standard InChI is InChI=1S/C16H25NO2S/c1-12(2)16(14-7-5-4-6-8-14)17-15(19)11-20-10-13(3)9-18/h4-8,12-13,16,18H,9-11H2,1-3H3,(H,17,19). The van der Waals surface area contributed by atoms with Crippen molar-refractivity contribution in [3.63, 3.8) is 0 Å². The van der Waals surface area contributed by atoms with Crippen molar-refractivity contribution in [2.45, 2.75) is 26.8 Å². The predicted octanol–water partition coefficient (Wildman–Crippen LogP) is 2.86. The first kappa shape index (κ1) is 17.1. The van der Waals surface area contributed by atoms with Crippen LogP contribution in [0.3, 0.4) is 0 Å². The van der Waals surface area contributed by atoms with Crippen LogP contribution >= 0.6 is 11.8 Å². The minimum Gasteiger partial charge on any atom is -0.396 e.